The first-order valence-electron chi connectivity index (χ1n) is 10.8. The topological polar surface area (TPSA) is 113 Å². The molecule has 0 saturated carbocycles. The molecule has 0 atom stereocenters. The van der Waals surface area contributed by atoms with E-state index in [1.165, 1.54) is 16.8 Å². The monoisotopic (exact) mass is 484 g/mol. The predicted octanol–water partition coefficient (Wildman–Crippen LogP) is 4.11. The Morgan fingerprint density at radius 2 is 1.63 bits per heavy atom. The van der Waals surface area contributed by atoms with Gasteiger partial charge < -0.3 is 15.7 Å². The number of rotatable bonds is 7. The molecule has 2 aromatic carbocycles. The van der Waals surface area contributed by atoms with Crippen LogP contribution in [-0.4, -0.2) is 32.3 Å². The average Bonchev–Trinajstić information content (AvgIpc) is 3.52. The molecule has 8 nitrogen and oxygen atoms in total. The van der Waals surface area contributed by atoms with Crippen LogP contribution < -0.4 is 10.6 Å². The van der Waals surface area contributed by atoms with Gasteiger partial charge in [0.15, 0.2) is 0 Å². The lowest BCUT2D eigenvalue weighted by molar-refractivity contribution is 0.0696. The number of aromatic carboxylic acids is 1. The van der Waals surface area contributed by atoms with Crippen molar-refractivity contribution in [3.05, 3.63) is 106 Å². The van der Waals surface area contributed by atoms with Gasteiger partial charge in [0.25, 0.3) is 11.8 Å². The molecule has 3 heterocycles. The fourth-order valence-corrected chi connectivity index (χ4v) is 4.51. The summed E-state index contributed by atoms with van der Waals surface area (Å²) in [4.78, 5) is 40.9. The molecule has 0 aliphatic heterocycles. The van der Waals surface area contributed by atoms with Crippen LogP contribution in [-0.2, 0) is 13.1 Å². The molecule has 0 fully saturated rings. The molecule has 5 rings (SSSR count). The number of carbonyl (C=O) groups excluding carboxylic acids is 2. The van der Waals surface area contributed by atoms with Crippen LogP contribution in [0.2, 0.25) is 0 Å². The zero-order valence-corrected chi connectivity index (χ0v) is 19.2. The Labute approximate surface area is 203 Å². The number of pyridine rings is 1. The molecule has 3 N–H and O–H groups in total. The van der Waals surface area contributed by atoms with Gasteiger partial charge in [0, 0.05) is 24.0 Å². The highest BCUT2D eigenvalue weighted by Gasteiger charge is 2.16. The van der Waals surface area contributed by atoms with Crippen molar-refractivity contribution in [2.45, 2.75) is 13.1 Å². The van der Waals surface area contributed by atoms with Crippen molar-refractivity contribution in [2.24, 2.45) is 0 Å². The standard InChI is InChI=1S/C26H20N4O4S/c31-24(27-14-17-6-9-22-19(12-17)10-11-35-22)20-15-30-21(2-1-3-23(30)29-20)25(32)28-13-16-4-7-18(8-5-16)26(33)34/h1-12,15H,13-14H2,(H,27,31)(H,28,32)(H,33,34). The molecule has 3 aromatic heterocycles. The molecule has 0 unspecified atom stereocenters. The number of fused-ring (bicyclic) bond motifs is 2. The summed E-state index contributed by atoms with van der Waals surface area (Å²) in [5.41, 5.74) is 2.96. The van der Waals surface area contributed by atoms with Gasteiger partial charge >= 0.3 is 5.97 Å². The van der Waals surface area contributed by atoms with Crippen molar-refractivity contribution in [1.82, 2.24) is 20.0 Å². The highest BCUT2D eigenvalue weighted by molar-refractivity contribution is 7.17. The number of carboxylic acids is 1. The third kappa shape index (κ3) is 4.75. The van der Waals surface area contributed by atoms with Gasteiger partial charge in [0.1, 0.15) is 17.0 Å². The summed E-state index contributed by atoms with van der Waals surface area (Å²) in [6.07, 6.45) is 1.54. The zero-order chi connectivity index (χ0) is 24.4. The number of thiophene rings is 1. The normalized spacial score (nSPS) is 11.0. The van der Waals surface area contributed by atoms with E-state index < -0.39 is 5.97 Å². The van der Waals surface area contributed by atoms with Gasteiger partial charge in [-0.05, 0) is 64.4 Å². The third-order valence-electron chi connectivity index (χ3n) is 5.58. The van der Waals surface area contributed by atoms with Gasteiger partial charge in [-0.2, -0.15) is 0 Å². The smallest absolute Gasteiger partial charge is 0.335 e. The number of imidazole rings is 1. The molecule has 0 aliphatic carbocycles. The largest absolute Gasteiger partial charge is 0.478 e. The van der Waals surface area contributed by atoms with E-state index in [0.29, 0.717) is 17.9 Å². The minimum atomic E-state index is -1.00. The van der Waals surface area contributed by atoms with Gasteiger partial charge in [0.2, 0.25) is 0 Å². The zero-order valence-electron chi connectivity index (χ0n) is 18.4. The fourth-order valence-electron chi connectivity index (χ4n) is 3.74. The molecule has 0 bridgehead atoms. The summed E-state index contributed by atoms with van der Waals surface area (Å²) in [7, 11) is 0. The molecule has 5 aromatic rings. The maximum atomic E-state index is 12.8. The van der Waals surface area contributed by atoms with Crippen LogP contribution in [0.5, 0.6) is 0 Å². The molecule has 0 radical (unpaired) electrons. The first kappa shape index (κ1) is 22.3. The van der Waals surface area contributed by atoms with Crippen LogP contribution in [0.15, 0.2) is 78.3 Å². The highest BCUT2D eigenvalue weighted by Crippen LogP contribution is 2.21. The van der Waals surface area contributed by atoms with E-state index in [0.717, 1.165) is 16.5 Å². The van der Waals surface area contributed by atoms with E-state index >= 15 is 0 Å². The minimum Gasteiger partial charge on any atom is -0.478 e. The SMILES string of the molecule is O=C(O)c1ccc(CNC(=O)c2cccc3nc(C(=O)NCc4ccc5sccc5c4)cn23)cc1. The molecule has 0 saturated heterocycles. The Morgan fingerprint density at radius 1 is 0.886 bits per heavy atom. The third-order valence-corrected chi connectivity index (χ3v) is 6.48. The lowest BCUT2D eigenvalue weighted by Gasteiger charge is -2.07. The van der Waals surface area contributed by atoms with Crippen molar-refractivity contribution >= 4 is 44.9 Å². The molecule has 35 heavy (non-hydrogen) atoms. The lowest BCUT2D eigenvalue weighted by atomic mass is 10.1. The second-order valence-corrected chi connectivity index (χ2v) is 8.87. The number of amides is 2. The Bertz CT molecular complexity index is 1570. The van der Waals surface area contributed by atoms with Crippen LogP contribution in [0.4, 0.5) is 0 Å². The van der Waals surface area contributed by atoms with Gasteiger partial charge in [-0.25, -0.2) is 9.78 Å². The second-order valence-electron chi connectivity index (χ2n) is 7.93. The van der Waals surface area contributed by atoms with Crippen molar-refractivity contribution in [2.75, 3.05) is 0 Å². The van der Waals surface area contributed by atoms with E-state index in [1.807, 2.05) is 29.6 Å². The van der Waals surface area contributed by atoms with Gasteiger partial charge in [-0.15, -0.1) is 11.3 Å². The van der Waals surface area contributed by atoms with Crippen molar-refractivity contribution in [3.63, 3.8) is 0 Å². The quantitative estimate of drug-likeness (QED) is 0.322. The van der Waals surface area contributed by atoms with E-state index in [2.05, 4.69) is 15.6 Å². The molecule has 174 valence electrons. The Kier molecular flexibility index (Phi) is 5.99. The molecule has 0 spiro atoms. The highest BCUT2D eigenvalue weighted by atomic mass is 32.1. The number of nitrogens with zero attached hydrogens (tertiary/aromatic N) is 2. The number of carbonyl (C=O) groups is 3. The van der Waals surface area contributed by atoms with E-state index in [4.69, 9.17) is 5.11 Å². The maximum Gasteiger partial charge on any atom is 0.335 e. The Hall–Kier alpha value is -4.50. The van der Waals surface area contributed by atoms with Crippen molar-refractivity contribution in [1.29, 1.82) is 0 Å². The molecule has 0 aliphatic rings. The molecular formula is C26H20N4O4S. The first-order valence-corrected chi connectivity index (χ1v) is 11.7. The summed E-state index contributed by atoms with van der Waals surface area (Å²) in [5.74, 6) is -1.67. The minimum absolute atomic E-state index is 0.182. The number of carboxylic acid groups (broad SMARTS) is 1. The number of benzene rings is 2. The number of hydrogen-bond acceptors (Lipinski definition) is 5. The van der Waals surface area contributed by atoms with Crippen LogP contribution in [0.25, 0.3) is 15.7 Å². The van der Waals surface area contributed by atoms with E-state index in [1.54, 1.807) is 52.3 Å². The van der Waals surface area contributed by atoms with Crippen molar-refractivity contribution in [3.8, 4) is 0 Å². The maximum absolute atomic E-state index is 12.8. The fraction of sp³-hybridized carbons (Fsp3) is 0.0769. The second kappa shape index (κ2) is 9.40. The Balaban J connectivity index is 1.27. The summed E-state index contributed by atoms with van der Waals surface area (Å²) in [5, 5.41) is 17.9. The summed E-state index contributed by atoms with van der Waals surface area (Å²) in [6, 6.07) is 19.5. The van der Waals surface area contributed by atoms with Crippen LogP contribution in [0.3, 0.4) is 0 Å². The van der Waals surface area contributed by atoms with Gasteiger partial charge in [-0.1, -0.05) is 24.3 Å². The van der Waals surface area contributed by atoms with Crippen LogP contribution in [0.1, 0.15) is 42.5 Å². The predicted molar refractivity (Wildman–Crippen MR) is 133 cm³/mol. The summed E-state index contributed by atoms with van der Waals surface area (Å²) in [6.45, 7) is 0.595. The molecule has 2 amide bonds. The average molecular weight is 485 g/mol. The summed E-state index contributed by atoms with van der Waals surface area (Å²) < 4.78 is 2.78. The molecular weight excluding hydrogens is 464 g/mol. The Morgan fingerprint density at radius 3 is 2.43 bits per heavy atom. The first-order chi connectivity index (χ1) is 17.0. The number of nitrogens with one attached hydrogen (secondary N) is 2. The van der Waals surface area contributed by atoms with E-state index in [9.17, 15) is 14.4 Å². The van der Waals surface area contributed by atoms with Gasteiger partial charge in [0.05, 0.1) is 5.56 Å². The summed E-state index contributed by atoms with van der Waals surface area (Å²) >= 11 is 1.67. The lowest BCUT2D eigenvalue weighted by Crippen LogP contribution is -2.25. The van der Waals surface area contributed by atoms with E-state index in [-0.39, 0.29) is 29.6 Å². The van der Waals surface area contributed by atoms with Gasteiger partial charge in [-0.3, -0.25) is 14.0 Å². The molecule has 9 heteroatoms. The number of hydrogen-bond donors (Lipinski definition) is 3. The van der Waals surface area contributed by atoms with Crippen LogP contribution in [0, 0.1) is 0 Å². The van der Waals surface area contributed by atoms with Crippen LogP contribution >= 0.6 is 11.3 Å². The number of aromatic nitrogens is 2. The van der Waals surface area contributed by atoms with Crippen molar-refractivity contribution < 1.29 is 19.5 Å².